The summed E-state index contributed by atoms with van der Waals surface area (Å²) < 4.78 is 5.76. The Kier molecular flexibility index (Phi) is 13.9. The van der Waals surface area contributed by atoms with Crippen LogP contribution in [0.5, 0.6) is 0 Å². The van der Waals surface area contributed by atoms with Gasteiger partial charge in [-0.3, -0.25) is 14.4 Å². The lowest BCUT2D eigenvalue weighted by molar-refractivity contribution is -0.150. The maximum Gasteiger partial charge on any atom is 0.309 e. The average Bonchev–Trinajstić information content (AvgIpc) is 3.03. The third-order valence-corrected chi connectivity index (χ3v) is 7.18. The fourth-order valence-corrected chi connectivity index (χ4v) is 4.90. The van der Waals surface area contributed by atoms with Crippen LogP contribution < -0.4 is 10.6 Å². The summed E-state index contributed by atoms with van der Waals surface area (Å²) in [5.41, 5.74) is 2.79. The Balaban J connectivity index is 1.65. The minimum Gasteiger partial charge on any atom is -0.463 e. The monoisotopic (exact) mass is 582 g/mol. The van der Waals surface area contributed by atoms with Gasteiger partial charge in [0.1, 0.15) is 6.61 Å². The Labute approximate surface area is 254 Å². The highest BCUT2D eigenvalue weighted by Crippen LogP contribution is 2.20. The van der Waals surface area contributed by atoms with Crippen molar-refractivity contribution >= 4 is 17.8 Å². The average molecular weight is 583 g/mol. The predicted octanol–water partition coefficient (Wildman–Crippen LogP) is 5.12. The number of hydrogen-bond acceptors (Lipinski definition) is 5. The molecule has 0 aliphatic heterocycles. The van der Waals surface area contributed by atoms with Crippen LogP contribution in [0.4, 0.5) is 0 Å². The van der Waals surface area contributed by atoms with Crippen molar-refractivity contribution in [3.63, 3.8) is 0 Å². The molecule has 0 aromatic heterocycles. The van der Waals surface area contributed by atoms with Crippen LogP contribution >= 0.6 is 0 Å². The molecule has 43 heavy (non-hydrogen) atoms. The van der Waals surface area contributed by atoms with Crippen LogP contribution in [0.1, 0.15) is 42.0 Å². The molecule has 0 saturated carbocycles. The maximum atomic E-state index is 13.5. The van der Waals surface area contributed by atoms with E-state index in [2.05, 4.69) is 23.8 Å². The number of carbonyl (C=O) groups excluding carboxylic acids is 3. The summed E-state index contributed by atoms with van der Waals surface area (Å²) in [7, 11) is 0. The van der Waals surface area contributed by atoms with E-state index in [0.29, 0.717) is 19.3 Å². The van der Waals surface area contributed by atoms with Gasteiger partial charge in [-0.1, -0.05) is 103 Å². The highest BCUT2D eigenvalue weighted by atomic mass is 16.5. The van der Waals surface area contributed by atoms with Crippen LogP contribution in [0.3, 0.4) is 0 Å². The van der Waals surface area contributed by atoms with E-state index in [1.807, 2.05) is 91.0 Å². The Morgan fingerprint density at radius 1 is 0.744 bits per heavy atom. The number of esters is 1. The lowest BCUT2D eigenvalue weighted by Crippen LogP contribution is -2.42. The van der Waals surface area contributed by atoms with Crippen molar-refractivity contribution in [3.05, 3.63) is 133 Å². The van der Waals surface area contributed by atoms with E-state index in [9.17, 15) is 19.5 Å². The van der Waals surface area contributed by atoms with Crippen molar-refractivity contribution in [2.75, 3.05) is 13.2 Å². The third kappa shape index (κ3) is 11.4. The summed E-state index contributed by atoms with van der Waals surface area (Å²) in [5, 5.41) is 15.7. The topological polar surface area (TPSA) is 105 Å². The summed E-state index contributed by atoms with van der Waals surface area (Å²) in [4.78, 5) is 39.5. The fraction of sp³-hybridized carbons (Fsp3) is 0.306. The number of rotatable bonds is 18. The Hall–Kier alpha value is -4.49. The molecule has 0 radical (unpaired) electrons. The minimum absolute atomic E-state index is 0.0618. The van der Waals surface area contributed by atoms with E-state index in [-0.39, 0.29) is 43.8 Å². The molecule has 0 aliphatic rings. The number of hydrogen-bond donors (Lipinski definition) is 3. The number of ether oxygens (including phenoxy) is 1. The molecule has 3 N–H and O–H groups in total. The molecule has 3 aromatic rings. The summed E-state index contributed by atoms with van der Waals surface area (Å²) in [5.74, 6) is -2.15. The molecular weight excluding hydrogens is 540 g/mol. The largest absolute Gasteiger partial charge is 0.463 e. The zero-order chi connectivity index (χ0) is 30.9. The first kappa shape index (κ1) is 33.0. The summed E-state index contributed by atoms with van der Waals surface area (Å²) >= 11 is 0. The number of amides is 2. The van der Waals surface area contributed by atoms with Crippen LogP contribution in [-0.4, -0.2) is 42.1 Å². The van der Waals surface area contributed by atoms with Gasteiger partial charge < -0.3 is 20.5 Å². The summed E-state index contributed by atoms with van der Waals surface area (Å²) in [6, 6.07) is 27.5. The van der Waals surface area contributed by atoms with Gasteiger partial charge in [-0.2, -0.15) is 0 Å². The molecule has 0 spiro atoms. The zero-order valence-electron chi connectivity index (χ0n) is 24.6. The SMILES string of the molecule is C=CC[C@@H](CC(=O)N[C@@H](CO)Cc1ccccc1)C(=O)N[C@H](COC(=O)[C@H](CC=C)Cc1ccccc1)c1ccccc1. The first-order valence-electron chi connectivity index (χ1n) is 14.6. The van der Waals surface area contributed by atoms with Gasteiger partial charge in [-0.15, -0.1) is 13.2 Å². The number of nitrogens with one attached hydrogen (secondary N) is 2. The molecule has 4 atom stereocenters. The Morgan fingerprint density at radius 3 is 1.84 bits per heavy atom. The van der Waals surface area contributed by atoms with Gasteiger partial charge in [0.25, 0.3) is 0 Å². The number of aliphatic hydroxyl groups is 1. The quantitative estimate of drug-likeness (QED) is 0.143. The third-order valence-electron chi connectivity index (χ3n) is 7.18. The highest BCUT2D eigenvalue weighted by Gasteiger charge is 2.27. The molecule has 7 heteroatoms. The second-order valence-electron chi connectivity index (χ2n) is 10.6. The lowest BCUT2D eigenvalue weighted by atomic mass is 9.96. The summed E-state index contributed by atoms with van der Waals surface area (Å²) in [6.45, 7) is 7.27. The fourth-order valence-electron chi connectivity index (χ4n) is 4.90. The lowest BCUT2D eigenvalue weighted by Gasteiger charge is -2.24. The smallest absolute Gasteiger partial charge is 0.309 e. The van der Waals surface area contributed by atoms with Gasteiger partial charge >= 0.3 is 5.97 Å². The predicted molar refractivity (Wildman–Crippen MR) is 169 cm³/mol. The van der Waals surface area contributed by atoms with Gasteiger partial charge in [-0.05, 0) is 42.4 Å². The molecule has 0 bridgehead atoms. The normalized spacial score (nSPS) is 13.5. The van der Waals surface area contributed by atoms with E-state index < -0.39 is 23.9 Å². The second kappa shape index (κ2) is 18.1. The van der Waals surface area contributed by atoms with Crippen LogP contribution in [0.2, 0.25) is 0 Å². The molecule has 226 valence electrons. The van der Waals surface area contributed by atoms with Crippen LogP contribution in [0.15, 0.2) is 116 Å². The molecule has 0 saturated heterocycles. The van der Waals surface area contributed by atoms with Gasteiger partial charge in [0.15, 0.2) is 0 Å². The molecule has 7 nitrogen and oxygen atoms in total. The van der Waals surface area contributed by atoms with Crippen LogP contribution in [-0.2, 0) is 32.0 Å². The second-order valence-corrected chi connectivity index (χ2v) is 10.6. The van der Waals surface area contributed by atoms with Crippen molar-refractivity contribution in [3.8, 4) is 0 Å². The Morgan fingerprint density at radius 2 is 1.28 bits per heavy atom. The van der Waals surface area contributed by atoms with Gasteiger partial charge in [-0.25, -0.2) is 0 Å². The summed E-state index contributed by atoms with van der Waals surface area (Å²) in [6.07, 6.45) is 4.96. The van der Waals surface area contributed by atoms with E-state index in [0.717, 1.165) is 16.7 Å². The molecule has 0 heterocycles. The van der Waals surface area contributed by atoms with Crippen LogP contribution in [0.25, 0.3) is 0 Å². The zero-order valence-corrected chi connectivity index (χ0v) is 24.6. The maximum absolute atomic E-state index is 13.5. The number of allylic oxidation sites excluding steroid dienone is 2. The van der Waals surface area contributed by atoms with E-state index in [1.165, 1.54) is 0 Å². The number of aliphatic hydroxyl groups excluding tert-OH is 1. The standard InChI is InChI=1S/C36H42N2O5/c1-3-14-30(24-34(40)37-32(25-39)23-28-18-10-6-11-19-28)35(41)38-33(29-20-12-7-13-21-29)26-43-36(42)31(15-4-2)22-27-16-8-5-9-17-27/h3-13,16-21,30-33,39H,1-2,14-15,22-26H2,(H,37,40)(H,38,41)/t30-,31+,32+,33+/m0/s1. The first-order valence-corrected chi connectivity index (χ1v) is 14.6. The van der Waals surface area contributed by atoms with Crippen molar-refractivity contribution in [2.24, 2.45) is 11.8 Å². The van der Waals surface area contributed by atoms with Crippen molar-refractivity contribution in [2.45, 2.75) is 44.2 Å². The van der Waals surface area contributed by atoms with Crippen molar-refractivity contribution in [1.82, 2.24) is 10.6 Å². The van der Waals surface area contributed by atoms with Gasteiger partial charge in [0, 0.05) is 6.42 Å². The molecular formula is C36H42N2O5. The minimum atomic E-state index is -0.693. The van der Waals surface area contributed by atoms with Crippen LogP contribution in [0, 0.1) is 11.8 Å². The van der Waals surface area contributed by atoms with Crippen molar-refractivity contribution in [1.29, 1.82) is 0 Å². The first-order chi connectivity index (χ1) is 20.9. The molecule has 0 fully saturated rings. The molecule has 2 amide bonds. The number of carbonyl (C=O) groups is 3. The van der Waals surface area contributed by atoms with E-state index >= 15 is 0 Å². The molecule has 3 aromatic carbocycles. The van der Waals surface area contributed by atoms with E-state index in [1.54, 1.807) is 12.2 Å². The van der Waals surface area contributed by atoms with Crippen molar-refractivity contribution < 1.29 is 24.2 Å². The molecule has 0 aliphatic carbocycles. The van der Waals surface area contributed by atoms with Gasteiger partial charge in [0.2, 0.25) is 11.8 Å². The van der Waals surface area contributed by atoms with Gasteiger partial charge in [0.05, 0.1) is 30.5 Å². The molecule has 0 unspecified atom stereocenters. The van der Waals surface area contributed by atoms with E-state index in [4.69, 9.17) is 4.74 Å². The highest BCUT2D eigenvalue weighted by molar-refractivity contribution is 5.86. The Bertz CT molecular complexity index is 1300. The molecule has 3 rings (SSSR count). The number of benzene rings is 3.